The molecule has 1 N–H and O–H groups in total. The number of benzene rings is 2. The fourth-order valence-corrected chi connectivity index (χ4v) is 3.00. The predicted molar refractivity (Wildman–Crippen MR) is 89.1 cm³/mol. The topological polar surface area (TPSA) is 21.3 Å². The second kappa shape index (κ2) is 7.00. The Morgan fingerprint density at radius 1 is 1.20 bits per heavy atom. The highest BCUT2D eigenvalue weighted by atomic mass is 79.9. The van der Waals surface area contributed by atoms with Gasteiger partial charge in [0.25, 0.3) is 0 Å². The maximum Gasteiger partial charge on any atom is 0.140 e. The van der Waals surface area contributed by atoms with Gasteiger partial charge in [0.15, 0.2) is 0 Å². The highest BCUT2D eigenvalue weighted by molar-refractivity contribution is 9.10. The highest BCUT2D eigenvalue weighted by Crippen LogP contribution is 2.31. The number of rotatable bonds is 5. The number of halogens is 2. The van der Waals surface area contributed by atoms with Crippen LogP contribution >= 0.6 is 27.5 Å². The normalized spacial score (nSPS) is 10.4. The molecule has 0 bridgehead atoms. The quantitative estimate of drug-likeness (QED) is 0.744. The van der Waals surface area contributed by atoms with Crippen LogP contribution in [0, 0.1) is 13.8 Å². The summed E-state index contributed by atoms with van der Waals surface area (Å²) in [6, 6.07) is 12.1. The molecule has 0 unspecified atom stereocenters. The van der Waals surface area contributed by atoms with Crippen molar-refractivity contribution in [2.24, 2.45) is 0 Å². The van der Waals surface area contributed by atoms with Crippen LogP contribution in [0.1, 0.15) is 11.1 Å². The van der Waals surface area contributed by atoms with Gasteiger partial charge < -0.3 is 10.1 Å². The van der Waals surface area contributed by atoms with E-state index >= 15 is 0 Å². The van der Waals surface area contributed by atoms with E-state index in [1.807, 2.05) is 31.2 Å². The lowest BCUT2D eigenvalue weighted by atomic mass is 10.2. The molecule has 0 aromatic heterocycles. The fourth-order valence-electron chi connectivity index (χ4n) is 1.98. The molecule has 2 aromatic rings. The summed E-state index contributed by atoms with van der Waals surface area (Å²) in [6.07, 6.45) is 0. The fraction of sp³-hybridized carbons (Fsp3) is 0.250. The summed E-state index contributed by atoms with van der Waals surface area (Å²) in [5, 5.41) is 3.96. The first kappa shape index (κ1) is 15.2. The average molecular weight is 355 g/mol. The summed E-state index contributed by atoms with van der Waals surface area (Å²) in [7, 11) is 0. The minimum absolute atomic E-state index is 0.566. The molecule has 0 aliphatic heterocycles. The van der Waals surface area contributed by atoms with Crippen molar-refractivity contribution in [1.82, 2.24) is 0 Å². The minimum atomic E-state index is 0.566. The van der Waals surface area contributed by atoms with Crippen LogP contribution in [0.2, 0.25) is 5.02 Å². The van der Waals surface area contributed by atoms with Crippen LogP contribution in [0.3, 0.4) is 0 Å². The Morgan fingerprint density at radius 3 is 2.70 bits per heavy atom. The number of hydrogen-bond donors (Lipinski definition) is 1. The molecule has 0 atom stereocenters. The van der Waals surface area contributed by atoms with E-state index in [0.29, 0.717) is 11.6 Å². The van der Waals surface area contributed by atoms with Crippen molar-refractivity contribution in [2.45, 2.75) is 13.8 Å². The molecule has 0 aliphatic rings. The van der Waals surface area contributed by atoms with Gasteiger partial charge in [-0.15, -0.1) is 0 Å². The molecule has 20 heavy (non-hydrogen) atoms. The Morgan fingerprint density at radius 2 is 2.00 bits per heavy atom. The first-order chi connectivity index (χ1) is 9.56. The summed E-state index contributed by atoms with van der Waals surface area (Å²) in [4.78, 5) is 0. The Bertz CT molecular complexity index is 578. The van der Waals surface area contributed by atoms with E-state index in [1.54, 1.807) is 0 Å². The molecular formula is C16H17BrClNO. The molecule has 0 saturated heterocycles. The summed E-state index contributed by atoms with van der Waals surface area (Å²) in [5.74, 6) is 0.751. The lowest BCUT2D eigenvalue weighted by Gasteiger charge is -2.12. The van der Waals surface area contributed by atoms with Gasteiger partial charge in [0.1, 0.15) is 12.4 Å². The van der Waals surface area contributed by atoms with Crippen molar-refractivity contribution in [1.29, 1.82) is 0 Å². The molecule has 4 heteroatoms. The Kier molecular flexibility index (Phi) is 5.32. The van der Waals surface area contributed by atoms with Crippen molar-refractivity contribution < 1.29 is 4.74 Å². The van der Waals surface area contributed by atoms with E-state index in [4.69, 9.17) is 16.3 Å². The van der Waals surface area contributed by atoms with E-state index in [0.717, 1.165) is 28.0 Å². The van der Waals surface area contributed by atoms with E-state index in [2.05, 4.69) is 40.3 Å². The summed E-state index contributed by atoms with van der Waals surface area (Å²) < 4.78 is 6.72. The molecule has 0 radical (unpaired) electrons. The van der Waals surface area contributed by atoms with Crippen LogP contribution < -0.4 is 10.1 Å². The Hall–Kier alpha value is -1.19. The first-order valence-electron chi connectivity index (χ1n) is 6.45. The van der Waals surface area contributed by atoms with Crippen molar-refractivity contribution in [2.75, 3.05) is 18.5 Å². The SMILES string of the molecule is Cc1cccc(NCCOc2c(C)cc(Br)cc2Cl)c1. The van der Waals surface area contributed by atoms with E-state index in [-0.39, 0.29) is 0 Å². The maximum absolute atomic E-state index is 6.18. The number of aryl methyl sites for hydroxylation is 2. The van der Waals surface area contributed by atoms with Crippen LogP contribution in [0.5, 0.6) is 5.75 Å². The Balaban J connectivity index is 1.88. The maximum atomic E-state index is 6.18. The van der Waals surface area contributed by atoms with Gasteiger partial charge in [-0.2, -0.15) is 0 Å². The van der Waals surface area contributed by atoms with Gasteiger partial charge in [0.05, 0.1) is 5.02 Å². The molecule has 0 spiro atoms. The zero-order chi connectivity index (χ0) is 14.5. The molecule has 0 fully saturated rings. The summed E-state index contributed by atoms with van der Waals surface area (Å²) in [6.45, 7) is 5.36. The van der Waals surface area contributed by atoms with Gasteiger partial charge in [-0.3, -0.25) is 0 Å². The Labute approximate surface area is 133 Å². The van der Waals surface area contributed by atoms with Crippen LogP contribution in [-0.2, 0) is 0 Å². The van der Waals surface area contributed by atoms with Gasteiger partial charge >= 0.3 is 0 Å². The standard InChI is InChI=1S/C16H17BrClNO/c1-11-4-3-5-14(8-11)19-6-7-20-16-12(2)9-13(17)10-15(16)18/h3-5,8-10,19H,6-7H2,1-2H3. The van der Waals surface area contributed by atoms with E-state index in [9.17, 15) is 0 Å². The predicted octanol–water partition coefficient (Wildman–Crippen LogP) is 5.21. The number of nitrogens with one attached hydrogen (secondary N) is 1. The third-order valence-corrected chi connectivity index (χ3v) is 3.63. The first-order valence-corrected chi connectivity index (χ1v) is 7.62. The second-order valence-corrected chi connectivity index (χ2v) is 6.00. The van der Waals surface area contributed by atoms with Gasteiger partial charge in [-0.25, -0.2) is 0 Å². The van der Waals surface area contributed by atoms with Crippen molar-refractivity contribution in [3.8, 4) is 5.75 Å². The average Bonchev–Trinajstić information content (AvgIpc) is 2.36. The van der Waals surface area contributed by atoms with Gasteiger partial charge in [-0.1, -0.05) is 39.7 Å². The highest BCUT2D eigenvalue weighted by Gasteiger charge is 2.06. The number of ether oxygens (including phenoxy) is 1. The van der Waals surface area contributed by atoms with Gasteiger partial charge in [0, 0.05) is 16.7 Å². The zero-order valence-corrected chi connectivity index (χ0v) is 13.9. The molecule has 0 saturated carbocycles. The molecule has 2 aromatic carbocycles. The zero-order valence-electron chi connectivity index (χ0n) is 11.5. The molecule has 0 heterocycles. The number of anilines is 1. The molecule has 0 aliphatic carbocycles. The minimum Gasteiger partial charge on any atom is -0.490 e. The van der Waals surface area contributed by atoms with Gasteiger partial charge in [0.2, 0.25) is 0 Å². The smallest absolute Gasteiger partial charge is 0.140 e. The van der Waals surface area contributed by atoms with Crippen LogP contribution in [0.15, 0.2) is 40.9 Å². The molecule has 106 valence electrons. The van der Waals surface area contributed by atoms with Crippen LogP contribution in [0.4, 0.5) is 5.69 Å². The molecule has 2 nitrogen and oxygen atoms in total. The van der Waals surface area contributed by atoms with Crippen molar-refractivity contribution in [3.63, 3.8) is 0 Å². The lowest BCUT2D eigenvalue weighted by molar-refractivity contribution is 0.331. The van der Waals surface area contributed by atoms with E-state index < -0.39 is 0 Å². The van der Waals surface area contributed by atoms with Gasteiger partial charge in [-0.05, 0) is 49.2 Å². The number of hydrogen-bond acceptors (Lipinski definition) is 2. The third-order valence-electron chi connectivity index (χ3n) is 2.89. The van der Waals surface area contributed by atoms with Crippen molar-refractivity contribution in [3.05, 3.63) is 57.0 Å². The summed E-state index contributed by atoms with van der Waals surface area (Å²) >= 11 is 9.59. The molecule has 2 rings (SSSR count). The van der Waals surface area contributed by atoms with E-state index in [1.165, 1.54) is 5.56 Å². The third kappa shape index (κ3) is 4.15. The molecular weight excluding hydrogens is 338 g/mol. The monoisotopic (exact) mass is 353 g/mol. The second-order valence-electron chi connectivity index (χ2n) is 4.68. The summed E-state index contributed by atoms with van der Waals surface area (Å²) in [5.41, 5.74) is 3.37. The van der Waals surface area contributed by atoms with Crippen LogP contribution in [-0.4, -0.2) is 13.2 Å². The molecule has 0 amide bonds. The van der Waals surface area contributed by atoms with Crippen molar-refractivity contribution >= 4 is 33.2 Å². The van der Waals surface area contributed by atoms with Crippen LogP contribution in [0.25, 0.3) is 0 Å². The largest absolute Gasteiger partial charge is 0.490 e. The lowest BCUT2D eigenvalue weighted by Crippen LogP contribution is -2.12.